The van der Waals surface area contributed by atoms with E-state index in [1.807, 2.05) is 37.4 Å². The van der Waals surface area contributed by atoms with Gasteiger partial charge in [-0.2, -0.15) is 0 Å². The second kappa shape index (κ2) is 6.13. The molecule has 0 unspecified atom stereocenters. The predicted molar refractivity (Wildman–Crippen MR) is 83.7 cm³/mol. The van der Waals surface area contributed by atoms with E-state index in [1.165, 1.54) is 11.8 Å². The molecular weight excluding hydrogens is 284 g/mol. The highest BCUT2D eigenvalue weighted by Gasteiger charge is 2.10. The van der Waals surface area contributed by atoms with Crippen molar-refractivity contribution < 1.29 is 4.42 Å². The lowest BCUT2D eigenvalue weighted by molar-refractivity contribution is 0.489. The van der Waals surface area contributed by atoms with Crippen LogP contribution in [0.25, 0.3) is 11.1 Å². The number of aromatic nitrogens is 3. The molecule has 0 radical (unpaired) electrons. The minimum absolute atomic E-state index is 0.597. The number of nitrogens with one attached hydrogen (secondary N) is 1. The zero-order chi connectivity index (χ0) is 14.7. The first-order valence-electron chi connectivity index (χ1n) is 6.87. The van der Waals surface area contributed by atoms with Crippen molar-refractivity contribution in [3.63, 3.8) is 0 Å². The maximum absolute atomic E-state index is 5.72. The molecule has 0 fully saturated rings. The summed E-state index contributed by atoms with van der Waals surface area (Å²) < 4.78 is 5.72. The van der Waals surface area contributed by atoms with E-state index in [1.54, 1.807) is 0 Å². The zero-order valence-corrected chi connectivity index (χ0v) is 12.8. The van der Waals surface area contributed by atoms with Crippen LogP contribution in [-0.4, -0.2) is 22.0 Å². The molecular formula is C15H16N4OS. The number of para-hydroxylation sites is 2. The van der Waals surface area contributed by atoms with Crippen LogP contribution >= 0.6 is 11.8 Å². The van der Waals surface area contributed by atoms with Crippen LogP contribution in [0.15, 0.2) is 45.0 Å². The number of rotatable bonds is 5. The van der Waals surface area contributed by atoms with Gasteiger partial charge in [-0.25, -0.2) is 15.0 Å². The number of anilines is 1. The Kier molecular flexibility index (Phi) is 4.06. The first-order chi connectivity index (χ1) is 10.3. The van der Waals surface area contributed by atoms with Crippen LogP contribution < -0.4 is 5.32 Å². The Balaban J connectivity index is 1.90. The number of nitrogens with zero attached hydrogens (tertiary/aromatic N) is 3. The van der Waals surface area contributed by atoms with Gasteiger partial charge in [-0.15, -0.1) is 0 Å². The second-order valence-electron chi connectivity index (χ2n) is 4.56. The Bertz CT molecular complexity index is 723. The van der Waals surface area contributed by atoms with Crippen LogP contribution in [0, 0.1) is 0 Å². The fourth-order valence-corrected chi connectivity index (χ4v) is 2.75. The standard InChI is InChI=1S/C15H16N4OS/c1-3-6-12-18-13(16-2)9-14(19-12)21-15-17-10-7-4-5-8-11(10)20-15/h4-5,7-9H,3,6H2,1-2H3,(H,16,18,19). The van der Waals surface area contributed by atoms with Gasteiger partial charge in [0, 0.05) is 19.5 Å². The van der Waals surface area contributed by atoms with E-state index < -0.39 is 0 Å². The molecule has 2 aromatic heterocycles. The van der Waals surface area contributed by atoms with E-state index in [2.05, 4.69) is 27.2 Å². The first-order valence-corrected chi connectivity index (χ1v) is 7.69. The quantitative estimate of drug-likeness (QED) is 0.724. The Morgan fingerprint density at radius 3 is 2.81 bits per heavy atom. The summed E-state index contributed by atoms with van der Waals surface area (Å²) in [5.74, 6) is 1.65. The molecule has 1 aromatic carbocycles. The summed E-state index contributed by atoms with van der Waals surface area (Å²) in [6.07, 6.45) is 1.87. The topological polar surface area (TPSA) is 63.8 Å². The first kappa shape index (κ1) is 13.9. The molecule has 5 nitrogen and oxygen atoms in total. The van der Waals surface area contributed by atoms with Crippen molar-refractivity contribution in [1.29, 1.82) is 0 Å². The van der Waals surface area contributed by atoms with Crippen molar-refractivity contribution in [2.45, 2.75) is 30.0 Å². The van der Waals surface area contributed by atoms with Crippen molar-refractivity contribution in [1.82, 2.24) is 15.0 Å². The fraction of sp³-hybridized carbons (Fsp3) is 0.267. The number of fused-ring (bicyclic) bond motifs is 1. The Morgan fingerprint density at radius 2 is 2.05 bits per heavy atom. The van der Waals surface area contributed by atoms with E-state index >= 15 is 0 Å². The average Bonchev–Trinajstić information content (AvgIpc) is 2.89. The van der Waals surface area contributed by atoms with Gasteiger partial charge in [0.05, 0.1) is 0 Å². The van der Waals surface area contributed by atoms with Crippen molar-refractivity contribution in [3.05, 3.63) is 36.2 Å². The van der Waals surface area contributed by atoms with Crippen molar-refractivity contribution in [3.8, 4) is 0 Å². The van der Waals surface area contributed by atoms with Crippen LogP contribution in [0.4, 0.5) is 5.82 Å². The minimum Gasteiger partial charge on any atom is -0.431 e. The average molecular weight is 300 g/mol. The minimum atomic E-state index is 0.597. The van der Waals surface area contributed by atoms with Crippen LogP contribution in [0.2, 0.25) is 0 Å². The lowest BCUT2D eigenvalue weighted by atomic mass is 10.3. The van der Waals surface area contributed by atoms with Gasteiger partial charge in [-0.05, 0) is 30.3 Å². The highest BCUT2D eigenvalue weighted by atomic mass is 32.2. The van der Waals surface area contributed by atoms with Gasteiger partial charge in [0.1, 0.15) is 22.2 Å². The molecule has 3 rings (SSSR count). The molecule has 0 atom stereocenters. The summed E-state index contributed by atoms with van der Waals surface area (Å²) >= 11 is 1.41. The summed E-state index contributed by atoms with van der Waals surface area (Å²) in [7, 11) is 1.85. The van der Waals surface area contributed by atoms with Gasteiger partial charge >= 0.3 is 0 Å². The van der Waals surface area contributed by atoms with Crippen molar-refractivity contribution in [2.75, 3.05) is 12.4 Å². The summed E-state index contributed by atoms with van der Waals surface area (Å²) in [5, 5.41) is 4.50. The molecule has 1 N–H and O–H groups in total. The molecule has 108 valence electrons. The molecule has 0 spiro atoms. The number of hydrogen-bond acceptors (Lipinski definition) is 6. The normalized spacial score (nSPS) is 11.0. The molecule has 2 heterocycles. The third kappa shape index (κ3) is 3.16. The molecule has 0 saturated carbocycles. The van der Waals surface area contributed by atoms with Crippen molar-refractivity contribution in [2.24, 2.45) is 0 Å². The van der Waals surface area contributed by atoms with E-state index in [0.29, 0.717) is 5.22 Å². The molecule has 0 aliphatic carbocycles. The van der Waals surface area contributed by atoms with E-state index in [4.69, 9.17) is 4.42 Å². The SMILES string of the molecule is CCCc1nc(NC)cc(Sc2nc3ccccc3o2)n1. The maximum Gasteiger partial charge on any atom is 0.263 e. The largest absolute Gasteiger partial charge is 0.431 e. The number of benzene rings is 1. The van der Waals surface area contributed by atoms with Crippen LogP contribution in [-0.2, 0) is 6.42 Å². The number of aryl methyl sites for hydroxylation is 1. The fourth-order valence-electron chi connectivity index (χ4n) is 1.97. The number of hydrogen-bond donors (Lipinski definition) is 1. The van der Waals surface area contributed by atoms with Crippen LogP contribution in [0.1, 0.15) is 19.2 Å². The molecule has 0 amide bonds. The van der Waals surface area contributed by atoms with Crippen LogP contribution in [0.3, 0.4) is 0 Å². The zero-order valence-electron chi connectivity index (χ0n) is 12.0. The molecule has 3 aromatic rings. The summed E-state index contributed by atoms with van der Waals surface area (Å²) in [4.78, 5) is 13.4. The summed E-state index contributed by atoms with van der Waals surface area (Å²) in [6.45, 7) is 2.11. The molecule has 0 bridgehead atoms. The number of oxazole rings is 1. The predicted octanol–water partition coefficient (Wildman–Crippen LogP) is 3.76. The van der Waals surface area contributed by atoms with Crippen LogP contribution in [0.5, 0.6) is 0 Å². The summed E-state index contributed by atoms with van der Waals surface area (Å²) in [5.41, 5.74) is 1.65. The molecule has 0 saturated heterocycles. The van der Waals surface area contributed by atoms with Gasteiger partial charge in [-0.1, -0.05) is 19.1 Å². The van der Waals surface area contributed by atoms with Gasteiger partial charge in [-0.3, -0.25) is 0 Å². The maximum atomic E-state index is 5.72. The van der Waals surface area contributed by atoms with Crippen molar-refractivity contribution >= 4 is 28.7 Å². The molecule has 0 aliphatic rings. The van der Waals surface area contributed by atoms with E-state index in [0.717, 1.165) is 40.6 Å². The highest BCUT2D eigenvalue weighted by Crippen LogP contribution is 2.29. The lowest BCUT2D eigenvalue weighted by Crippen LogP contribution is -2.01. The second-order valence-corrected chi connectivity index (χ2v) is 5.53. The van der Waals surface area contributed by atoms with Gasteiger partial charge in [0.15, 0.2) is 5.58 Å². The highest BCUT2D eigenvalue weighted by molar-refractivity contribution is 7.99. The smallest absolute Gasteiger partial charge is 0.263 e. The molecule has 6 heteroatoms. The Hall–Kier alpha value is -2.08. The monoisotopic (exact) mass is 300 g/mol. The molecule has 21 heavy (non-hydrogen) atoms. The van der Waals surface area contributed by atoms with Gasteiger partial charge in [0.2, 0.25) is 0 Å². The molecule has 0 aliphatic heterocycles. The Morgan fingerprint density at radius 1 is 1.19 bits per heavy atom. The Labute approximate surface area is 127 Å². The third-order valence-corrected chi connectivity index (χ3v) is 3.71. The van der Waals surface area contributed by atoms with Gasteiger partial charge in [0.25, 0.3) is 5.22 Å². The van der Waals surface area contributed by atoms with Gasteiger partial charge < -0.3 is 9.73 Å². The van der Waals surface area contributed by atoms with E-state index in [-0.39, 0.29) is 0 Å². The summed E-state index contributed by atoms with van der Waals surface area (Å²) in [6, 6.07) is 9.63. The van der Waals surface area contributed by atoms with E-state index in [9.17, 15) is 0 Å². The lowest BCUT2D eigenvalue weighted by Gasteiger charge is -2.05. The third-order valence-electron chi connectivity index (χ3n) is 2.94.